The zero-order valence-corrected chi connectivity index (χ0v) is 14.9. The Hall–Kier alpha value is -2.88. The maximum Gasteiger partial charge on any atom is 0.250 e. The van der Waals surface area contributed by atoms with Gasteiger partial charge in [-0.2, -0.15) is 0 Å². The Morgan fingerprint density at radius 2 is 1.73 bits per heavy atom. The number of nitrogens with two attached hydrogens (primary N) is 1. The Labute approximate surface area is 153 Å². The monoisotopic (exact) mass is 350 g/mol. The van der Waals surface area contributed by atoms with E-state index in [4.69, 9.17) is 5.73 Å². The van der Waals surface area contributed by atoms with Crippen LogP contribution in [-0.4, -0.2) is 10.5 Å². The number of nitrogens with zero attached hydrogens (tertiary/aromatic N) is 1. The highest BCUT2D eigenvalue weighted by Gasteiger charge is 2.16. The molecule has 26 heavy (non-hydrogen) atoms. The summed E-state index contributed by atoms with van der Waals surface area (Å²) in [5.74, 6) is -0.713. The topological polar surface area (TPSA) is 48.0 Å². The van der Waals surface area contributed by atoms with Gasteiger partial charge in [0.2, 0.25) is 0 Å². The molecule has 1 aromatic heterocycles. The van der Waals surface area contributed by atoms with E-state index >= 15 is 0 Å². The van der Waals surface area contributed by atoms with Crippen molar-refractivity contribution in [3.63, 3.8) is 0 Å². The highest BCUT2D eigenvalue weighted by atomic mass is 19.1. The molecule has 0 saturated heterocycles. The van der Waals surface area contributed by atoms with E-state index in [1.54, 1.807) is 12.1 Å². The molecule has 0 aliphatic carbocycles. The number of hydrogen-bond acceptors (Lipinski definition) is 1. The smallest absolute Gasteiger partial charge is 0.250 e. The van der Waals surface area contributed by atoms with Crippen LogP contribution in [0.25, 0.3) is 11.3 Å². The molecule has 0 atom stereocenters. The first kappa shape index (κ1) is 17.9. The van der Waals surface area contributed by atoms with Gasteiger partial charge in [0, 0.05) is 17.9 Å². The first-order chi connectivity index (χ1) is 12.6. The standard InChI is InChI=1S/C22H23FN2O/c1-16-20(22(24)26)15-21(18-10-12-19(23)13-11-18)25(16)14-6-5-9-17-7-3-2-4-8-17/h2-4,7-8,10-13,15H,5-6,9,14H2,1H3,(H2,24,26). The lowest BCUT2D eigenvalue weighted by Gasteiger charge is -2.12. The SMILES string of the molecule is Cc1c(C(N)=O)cc(-c2ccc(F)cc2)n1CCCCc1ccccc1. The number of primary amides is 1. The third-order valence-electron chi connectivity index (χ3n) is 4.71. The van der Waals surface area contributed by atoms with Gasteiger partial charge in [-0.3, -0.25) is 4.79 Å². The molecule has 1 amide bonds. The van der Waals surface area contributed by atoms with Crippen LogP contribution < -0.4 is 5.73 Å². The number of carbonyl (C=O) groups is 1. The molecule has 0 saturated carbocycles. The highest BCUT2D eigenvalue weighted by Crippen LogP contribution is 2.27. The number of carbonyl (C=O) groups excluding carboxylic acids is 1. The lowest BCUT2D eigenvalue weighted by atomic mass is 10.1. The van der Waals surface area contributed by atoms with Crippen molar-refractivity contribution in [2.75, 3.05) is 0 Å². The molecule has 2 aromatic carbocycles. The van der Waals surface area contributed by atoms with Crippen LogP contribution in [0.1, 0.15) is 34.5 Å². The number of amides is 1. The minimum Gasteiger partial charge on any atom is -0.366 e. The summed E-state index contributed by atoms with van der Waals surface area (Å²) in [5.41, 5.74) is 10.0. The average Bonchev–Trinajstić information content (AvgIpc) is 2.97. The second-order valence-corrected chi connectivity index (χ2v) is 6.49. The van der Waals surface area contributed by atoms with E-state index in [0.29, 0.717) is 5.56 Å². The van der Waals surface area contributed by atoms with Gasteiger partial charge in [-0.05, 0) is 67.6 Å². The molecule has 3 nitrogen and oxygen atoms in total. The lowest BCUT2D eigenvalue weighted by molar-refractivity contribution is 0.0999. The fourth-order valence-corrected chi connectivity index (χ4v) is 3.29. The van der Waals surface area contributed by atoms with Gasteiger partial charge in [-0.25, -0.2) is 4.39 Å². The molecule has 2 N–H and O–H groups in total. The summed E-state index contributed by atoms with van der Waals surface area (Å²) in [7, 11) is 0. The second-order valence-electron chi connectivity index (χ2n) is 6.49. The van der Waals surface area contributed by atoms with Gasteiger partial charge in [0.05, 0.1) is 5.56 Å². The summed E-state index contributed by atoms with van der Waals surface area (Å²) in [6.45, 7) is 2.70. The van der Waals surface area contributed by atoms with Gasteiger partial charge in [-0.15, -0.1) is 0 Å². The van der Waals surface area contributed by atoms with E-state index in [9.17, 15) is 9.18 Å². The van der Waals surface area contributed by atoms with E-state index in [0.717, 1.165) is 42.8 Å². The van der Waals surface area contributed by atoms with E-state index < -0.39 is 5.91 Å². The van der Waals surface area contributed by atoms with Crippen molar-refractivity contribution in [2.24, 2.45) is 5.73 Å². The van der Waals surface area contributed by atoms with Crippen molar-refractivity contribution in [1.82, 2.24) is 4.57 Å². The second kappa shape index (κ2) is 8.00. The van der Waals surface area contributed by atoms with Crippen molar-refractivity contribution in [1.29, 1.82) is 0 Å². The van der Waals surface area contributed by atoms with Gasteiger partial charge in [0.15, 0.2) is 0 Å². The van der Waals surface area contributed by atoms with Crippen LogP contribution in [0.2, 0.25) is 0 Å². The normalized spacial score (nSPS) is 10.8. The summed E-state index contributed by atoms with van der Waals surface area (Å²) >= 11 is 0. The maximum atomic E-state index is 13.2. The molecule has 0 aliphatic rings. The molecule has 134 valence electrons. The van der Waals surface area contributed by atoms with Gasteiger partial charge in [-0.1, -0.05) is 30.3 Å². The van der Waals surface area contributed by atoms with Crippen LogP contribution >= 0.6 is 0 Å². The number of unbranched alkanes of at least 4 members (excludes halogenated alkanes) is 1. The van der Waals surface area contributed by atoms with Crippen LogP contribution in [0.4, 0.5) is 4.39 Å². The number of aryl methyl sites for hydroxylation is 1. The van der Waals surface area contributed by atoms with E-state index in [1.165, 1.54) is 17.7 Å². The zero-order valence-electron chi connectivity index (χ0n) is 14.9. The van der Waals surface area contributed by atoms with Crippen molar-refractivity contribution in [3.05, 3.63) is 83.3 Å². The quantitative estimate of drug-likeness (QED) is 0.616. The number of benzene rings is 2. The van der Waals surface area contributed by atoms with Crippen LogP contribution in [0.3, 0.4) is 0 Å². The largest absolute Gasteiger partial charge is 0.366 e. The number of rotatable bonds is 7. The molecule has 1 heterocycles. The van der Waals surface area contributed by atoms with Gasteiger partial charge >= 0.3 is 0 Å². The van der Waals surface area contributed by atoms with Crippen molar-refractivity contribution >= 4 is 5.91 Å². The van der Waals surface area contributed by atoms with Crippen LogP contribution in [0.5, 0.6) is 0 Å². The van der Waals surface area contributed by atoms with Crippen LogP contribution in [0.15, 0.2) is 60.7 Å². The summed E-state index contributed by atoms with van der Waals surface area (Å²) in [4.78, 5) is 11.7. The molecule has 3 aromatic rings. The molecule has 0 aliphatic heterocycles. The Morgan fingerprint density at radius 3 is 2.38 bits per heavy atom. The molecule has 3 rings (SSSR count). The molecular formula is C22H23FN2O. The van der Waals surface area contributed by atoms with Crippen molar-refractivity contribution < 1.29 is 9.18 Å². The predicted molar refractivity (Wildman–Crippen MR) is 102 cm³/mol. The van der Waals surface area contributed by atoms with E-state index in [2.05, 4.69) is 28.8 Å². The van der Waals surface area contributed by atoms with Crippen LogP contribution in [0, 0.1) is 12.7 Å². The average molecular weight is 350 g/mol. The maximum absolute atomic E-state index is 13.2. The van der Waals surface area contributed by atoms with E-state index in [1.807, 2.05) is 19.1 Å². The van der Waals surface area contributed by atoms with Gasteiger partial charge in [0.1, 0.15) is 5.82 Å². The molecular weight excluding hydrogens is 327 g/mol. The lowest BCUT2D eigenvalue weighted by Crippen LogP contribution is -2.12. The molecule has 0 fully saturated rings. The summed E-state index contributed by atoms with van der Waals surface area (Å²) < 4.78 is 15.4. The van der Waals surface area contributed by atoms with Crippen LogP contribution in [-0.2, 0) is 13.0 Å². The minimum atomic E-state index is -0.436. The third-order valence-corrected chi connectivity index (χ3v) is 4.71. The first-order valence-electron chi connectivity index (χ1n) is 8.86. The number of aromatic nitrogens is 1. The fraction of sp³-hybridized carbons (Fsp3) is 0.227. The molecule has 0 bridgehead atoms. The van der Waals surface area contributed by atoms with Crippen molar-refractivity contribution in [3.8, 4) is 11.3 Å². The number of halogens is 1. The summed E-state index contributed by atoms with van der Waals surface area (Å²) in [5, 5.41) is 0. The Bertz CT molecular complexity index is 883. The molecule has 0 spiro atoms. The summed E-state index contributed by atoms with van der Waals surface area (Å²) in [6, 6.07) is 18.5. The fourth-order valence-electron chi connectivity index (χ4n) is 3.29. The first-order valence-corrected chi connectivity index (χ1v) is 8.86. The zero-order chi connectivity index (χ0) is 18.5. The molecule has 0 unspecified atom stereocenters. The van der Waals surface area contributed by atoms with Crippen molar-refractivity contribution in [2.45, 2.75) is 32.7 Å². The minimum absolute atomic E-state index is 0.276. The van der Waals surface area contributed by atoms with Gasteiger partial charge in [0.25, 0.3) is 5.91 Å². The highest BCUT2D eigenvalue weighted by molar-refractivity contribution is 5.95. The predicted octanol–water partition coefficient (Wildman–Crippen LogP) is 4.72. The molecule has 0 radical (unpaired) electrons. The van der Waals surface area contributed by atoms with E-state index in [-0.39, 0.29) is 5.82 Å². The Balaban J connectivity index is 1.78. The Kier molecular flexibility index (Phi) is 5.52. The summed E-state index contributed by atoms with van der Waals surface area (Å²) in [6.07, 6.45) is 3.06. The van der Waals surface area contributed by atoms with Gasteiger partial charge < -0.3 is 10.3 Å². The Morgan fingerprint density at radius 1 is 1.04 bits per heavy atom. The third kappa shape index (κ3) is 4.02. The molecule has 4 heteroatoms. The number of hydrogen-bond donors (Lipinski definition) is 1.